The maximum Gasteiger partial charge on any atom is 0.592 e. The predicted octanol–water partition coefficient (Wildman–Crippen LogP) is 3.01. The average molecular weight is 247 g/mol. The summed E-state index contributed by atoms with van der Waals surface area (Å²) in [5.74, 6) is 0. The summed E-state index contributed by atoms with van der Waals surface area (Å²) in [4.78, 5) is 2.78. The zero-order valence-corrected chi connectivity index (χ0v) is 11.8. The first-order valence-electron chi connectivity index (χ1n) is 5.41. The maximum atomic E-state index is 8.59. The lowest BCUT2D eigenvalue weighted by atomic mass is 10.5. The molecule has 0 N–H and O–H groups in total. The highest BCUT2D eigenvalue weighted by Crippen LogP contribution is 2.18. The normalized spacial score (nSPS) is 12.3. The molecular formula is C9H21N3O3Si. The molecule has 0 saturated heterocycles. The quantitative estimate of drug-likeness (QED) is 0.300. The van der Waals surface area contributed by atoms with Gasteiger partial charge in [-0.15, -0.1) is 0 Å². The Morgan fingerprint density at radius 3 is 1.38 bits per heavy atom. The first kappa shape index (κ1) is 15.4. The molecule has 6 nitrogen and oxygen atoms in total. The molecular weight excluding hydrogens is 226 g/mol. The topological polar surface area (TPSA) is 76.5 Å². The summed E-state index contributed by atoms with van der Waals surface area (Å²) in [6.45, 7) is 11.1. The Bertz CT molecular complexity index is 226. The summed E-state index contributed by atoms with van der Waals surface area (Å²) in [5.41, 5.74) is 8.59. The van der Waals surface area contributed by atoms with Gasteiger partial charge < -0.3 is 13.3 Å². The second kappa shape index (κ2) is 6.88. The molecule has 0 rings (SSSR count). The van der Waals surface area contributed by atoms with Crippen molar-refractivity contribution in [2.24, 2.45) is 4.78 Å². The molecule has 16 heavy (non-hydrogen) atoms. The highest BCUT2D eigenvalue weighted by atomic mass is 28.4. The van der Waals surface area contributed by atoms with Crippen LogP contribution >= 0.6 is 0 Å². The molecule has 0 radical (unpaired) electrons. The van der Waals surface area contributed by atoms with E-state index in [2.05, 4.69) is 9.69 Å². The van der Waals surface area contributed by atoms with Crippen molar-refractivity contribution in [3.05, 3.63) is 10.4 Å². The van der Waals surface area contributed by atoms with Gasteiger partial charge in [0.05, 0.1) is 0 Å². The molecule has 0 spiro atoms. The van der Waals surface area contributed by atoms with Crippen LogP contribution in [0.25, 0.3) is 10.4 Å². The minimum absolute atomic E-state index is 0.116. The SMILES string of the molecule is CC(C)O[Si](N=[N+]=[N-])(OC(C)C)OC(C)C. The molecule has 0 aliphatic heterocycles. The molecule has 0 bridgehead atoms. The Labute approximate surface area is 98.0 Å². The van der Waals surface area contributed by atoms with E-state index in [4.69, 9.17) is 18.8 Å². The van der Waals surface area contributed by atoms with E-state index in [1.165, 1.54) is 0 Å². The molecule has 0 aliphatic carbocycles. The van der Waals surface area contributed by atoms with Crippen LogP contribution in [0.15, 0.2) is 4.78 Å². The van der Waals surface area contributed by atoms with E-state index in [1.54, 1.807) is 0 Å². The van der Waals surface area contributed by atoms with Crippen molar-refractivity contribution >= 4 is 8.97 Å². The van der Waals surface area contributed by atoms with Crippen molar-refractivity contribution in [1.29, 1.82) is 0 Å². The van der Waals surface area contributed by atoms with Gasteiger partial charge in [0.15, 0.2) is 0 Å². The molecule has 94 valence electrons. The number of azide groups is 1. The van der Waals surface area contributed by atoms with Gasteiger partial charge in [-0.05, 0) is 51.9 Å². The van der Waals surface area contributed by atoms with Crippen molar-refractivity contribution in [2.75, 3.05) is 0 Å². The lowest BCUT2D eigenvalue weighted by Crippen LogP contribution is -2.49. The van der Waals surface area contributed by atoms with E-state index in [1.807, 2.05) is 41.5 Å². The Balaban J connectivity index is 4.95. The highest BCUT2D eigenvalue weighted by Gasteiger charge is 2.44. The highest BCUT2D eigenvalue weighted by molar-refractivity contribution is 6.58. The van der Waals surface area contributed by atoms with Gasteiger partial charge in [-0.25, -0.2) is 0 Å². The van der Waals surface area contributed by atoms with E-state index in [0.717, 1.165) is 0 Å². The van der Waals surface area contributed by atoms with Crippen LogP contribution in [0.1, 0.15) is 41.5 Å². The smallest absolute Gasteiger partial charge is 0.368 e. The van der Waals surface area contributed by atoms with E-state index >= 15 is 0 Å². The molecule has 7 heteroatoms. The average Bonchev–Trinajstić information content (AvgIpc) is 1.98. The van der Waals surface area contributed by atoms with Gasteiger partial charge in [-0.3, -0.25) is 0 Å². The minimum atomic E-state index is -3.28. The van der Waals surface area contributed by atoms with Crippen LogP contribution in [0.5, 0.6) is 0 Å². The van der Waals surface area contributed by atoms with Crippen LogP contribution in [-0.2, 0) is 13.3 Å². The van der Waals surface area contributed by atoms with Gasteiger partial charge in [0.2, 0.25) is 0 Å². The Morgan fingerprint density at radius 1 is 0.875 bits per heavy atom. The van der Waals surface area contributed by atoms with Crippen LogP contribution < -0.4 is 0 Å². The third-order valence-corrected chi connectivity index (χ3v) is 3.96. The molecule has 0 saturated carbocycles. The minimum Gasteiger partial charge on any atom is -0.368 e. The number of nitrogens with zero attached hydrogens (tertiary/aromatic N) is 3. The number of rotatable bonds is 7. The van der Waals surface area contributed by atoms with Crippen LogP contribution in [0.4, 0.5) is 0 Å². The molecule has 0 heterocycles. The van der Waals surface area contributed by atoms with Crippen molar-refractivity contribution < 1.29 is 13.3 Å². The van der Waals surface area contributed by atoms with Gasteiger partial charge in [0, 0.05) is 23.2 Å². The fourth-order valence-corrected chi connectivity index (χ4v) is 3.31. The molecule has 0 aromatic carbocycles. The zero-order valence-electron chi connectivity index (χ0n) is 10.8. The van der Waals surface area contributed by atoms with Crippen LogP contribution in [-0.4, -0.2) is 27.3 Å². The zero-order chi connectivity index (χ0) is 12.8. The largest absolute Gasteiger partial charge is 0.592 e. The summed E-state index contributed by atoms with van der Waals surface area (Å²) in [6.07, 6.45) is -0.348. The molecule has 0 fully saturated rings. The van der Waals surface area contributed by atoms with Gasteiger partial charge in [-0.2, -0.15) is 0 Å². The summed E-state index contributed by atoms with van der Waals surface area (Å²) in [5, 5.41) is 0. The van der Waals surface area contributed by atoms with Gasteiger partial charge in [0.25, 0.3) is 0 Å². The van der Waals surface area contributed by atoms with E-state index in [-0.39, 0.29) is 18.3 Å². The van der Waals surface area contributed by atoms with Gasteiger partial charge in [0.1, 0.15) is 0 Å². The van der Waals surface area contributed by atoms with E-state index < -0.39 is 8.97 Å². The Hall–Kier alpha value is -0.593. The molecule has 0 unspecified atom stereocenters. The Kier molecular flexibility index (Phi) is 6.62. The third kappa shape index (κ3) is 6.09. The third-order valence-electron chi connectivity index (χ3n) is 1.32. The fraction of sp³-hybridized carbons (Fsp3) is 1.00. The second-order valence-electron chi connectivity index (χ2n) is 4.21. The van der Waals surface area contributed by atoms with Crippen LogP contribution in [0, 0.1) is 0 Å². The predicted molar refractivity (Wildman–Crippen MR) is 63.6 cm³/mol. The van der Waals surface area contributed by atoms with Crippen LogP contribution in [0.2, 0.25) is 0 Å². The monoisotopic (exact) mass is 247 g/mol. The van der Waals surface area contributed by atoms with Crippen LogP contribution in [0.3, 0.4) is 0 Å². The Morgan fingerprint density at radius 2 is 1.19 bits per heavy atom. The summed E-state index contributed by atoms with van der Waals surface area (Å²) in [6, 6.07) is 0. The number of hydrogen-bond acceptors (Lipinski definition) is 4. The lowest BCUT2D eigenvalue weighted by molar-refractivity contribution is 0.00395. The van der Waals surface area contributed by atoms with Gasteiger partial charge >= 0.3 is 8.97 Å². The summed E-state index contributed by atoms with van der Waals surface area (Å²) >= 11 is 0. The standard InChI is InChI=1S/C9H21N3O3Si/c1-7(2)13-16(12-11-10,14-8(3)4)15-9(5)6/h7-9H,1-6H3. The van der Waals surface area contributed by atoms with E-state index in [9.17, 15) is 0 Å². The van der Waals surface area contributed by atoms with E-state index in [0.29, 0.717) is 0 Å². The second-order valence-corrected chi connectivity index (χ2v) is 6.17. The van der Waals surface area contributed by atoms with Gasteiger partial charge in [-0.1, -0.05) is 0 Å². The number of hydrogen-bond donors (Lipinski definition) is 0. The molecule has 0 atom stereocenters. The first-order valence-corrected chi connectivity index (χ1v) is 7.08. The molecule has 0 aliphatic rings. The van der Waals surface area contributed by atoms with Crippen molar-refractivity contribution in [3.8, 4) is 0 Å². The molecule has 0 amide bonds. The lowest BCUT2D eigenvalue weighted by Gasteiger charge is -2.30. The molecule has 0 aromatic rings. The summed E-state index contributed by atoms with van der Waals surface area (Å²) in [7, 11) is -3.28. The maximum absolute atomic E-state index is 8.59. The van der Waals surface area contributed by atoms with Crippen molar-refractivity contribution in [3.63, 3.8) is 0 Å². The first-order chi connectivity index (χ1) is 7.31. The summed E-state index contributed by atoms with van der Waals surface area (Å²) < 4.78 is 20.4. The van der Waals surface area contributed by atoms with Crippen molar-refractivity contribution in [2.45, 2.75) is 59.9 Å². The fourth-order valence-electron chi connectivity index (χ4n) is 1.10. The van der Waals surface area contributed by atoms with Crippen molar-refractivity contribution in [1.82, 2.24) is 0 Å². The molecule has 0 aromatic heterocycles.